The molecule has 0 N–H and O–H groups in total. The molecule has 0 spiro atoms. The van der Waals surface area contributed by atoms with Crippen LogP contribution >= 0.6 is 11.5 Å². The molecule has 0 fully saturated rings. The van der Waals surface area contributed by atoms with Gasteiger partial charge in [-0.2, -0.15) is 9.47 Å². The van der Waals surface area contributed by atoms with Crippen LogP contribution in [0.4, 0.5) is 0 Å². The van der Waals surface area contributed by atoms with Crippen molar-refractivity contribution in [1.29, 1.82) is 0 Å². The largest absolute Gasteiger partial charge is 0.190 e. The van der Waals surface area contributed by atoms with Gasteiger partial charge < -0.3 is 0 Å². The molecule has 0 amide bonds. The molecule has 1 radical (unpaired) electrons. The molecule has 9 heavy (non-hydrogen) atoms. The fourth-order valence-electron chi connectivity index (χ4n) is 0.587. The van der Waals surface area contributed by atoms with Crippen LogP contribution in [0.5, 0.6) is 0 Å². The highest BCUT2D eigenvalue weighted by Crippen LogP contribution is 2.07. The fourth-order valence-corrected chi connectivity index (χ4v) is 1.11. The second-order valence-electron chi connectivity index (χ2n) is 1.55. The summed E-state index contributed by atoms with van der Waals surface area (Å²) in [7, 11) is 0. The molecule has 3 nitrogen and oxygen atoms in total. The average molecular weight is 136 g/mol. The van der Waals surface area contributed by atoms with Gasteiger partial charge in [0.15, 0.2) is 0 Å². The van der Waals surface area contributed by atoms with Crippen molar-refractivity contribution in [2.75, 3.05) is 0 Å². The first-order valence-corrected chi connectivity index (χ1v) is 3.19. The average Bonchev–Trinajstić information content (AvgIpc) is 2.33. The third kappa shape index (κ3) is 0.675. The first-order valence-electron chi connectivity index (χ1n) is 2.41. The lowest BCUT2D eigenvalue weighted by Crippen LogP contribution is -1.76. The maximum atomic E-state index is 4.00. The van der Waals surface area contributed by atoms with Crippen molar-refractivity contribution in [3.63, 3.8) is 0 Å². The van der Waals surface area contributed by atoms with Gasteiger partial charge in [0.1, 0.15) is 11.0 Å². The lowest BCUT2D eigenvalue weighted by Gasteiger charge is -1.78. The van der Waals surface area contributed by atoms with Gasteiger partial charge in [-0.3, -0.25) is 0 Å². The Hall–Kier alpha value is -1.03. The van der Waals surface area contributed by atoms with Gasteiger partial charge in [0.25, 0.3) is 0 Å². The van der Waals surface area contributed by atoms with Crippen molar-refractivity contribution in [1.82, 2.24) is 14.6 Å². The van der Waals surface area contributed by atoms with E-state index in [0.717, 1.165) is 11.0 Å². The monoisotopic (exact) mass is 136 g/mol. The summed E-state index contributed by atoms with van der Waals surface area (Å²) in [6.45, 7) is 0. The van der Waals surface area contributed by atoms with Crippen LogP contribution < -0.4 is 0 Å². The number of aromatic nitrogens is 3. The molecule has 0 aliphatic heterocycles. The normalized spacial score (nSPS) is 10.2. The summed E-state index contributed by atoms with van der Waals surface area (Å²) in [5.41, 5.74) is 1.62. The van der Waals surface area contributed by atoms with Crippen molar-refractivity contribution in [3.05, 3.63) is 17.6 Å². The number of rotatable bonds is 0. The smallest absolute Gasteiger partial charge is 0.133 e. The van der Waals surface area contributed by atoms with E-state index in [2.05, 4.69) is 20.0 Å². The Labute approximate surface area is 55.5 Å². The van der Waals surface area contributed by atoms with E-state index in [0.29, 0.717) is 0 Å². The fraction of sp³-hybridized carbons (Fsp3) is 0. The molecular weight excluding hydrogens is 134 g/mol. The molecule has 2 rings (SSSR count). The zero-order chi connectivity index (χ0) is 6.10. The van der Waals surface area contributed by atoms with E-state index in [4.69, 9.17) is 0 Å². The second-order valence-corrected chi connectivity index (χ2v) is 2.12. The molecule has 0 saturated carbocycles. The van der Waals surface area contributed by atoms with E-state index in [1.165, 1.54) is 11.5 Å². The van der Waals surface area contributed by atoms with Crippen LogP contribution in [0.3, 0.4) is 0 Å². The van der Waals surface area contributed by atoms with Crippen molar-refractivity contribution in [2.24, 2.45) is 0 Å². The molecule has 0 aliphatic rings. The van der Waals surface area contributed by atoms with Gasteiger partial charge >= 0.3 is 0 Å². The van der Waals surface area contributed by atoms with Crippen LogP contribution in [-0.2, 0) is 0 Å². The minimum Gasteiger partial charge on any atom is -0.190 e. The number of fused-ring (bicyclic) bond motifs is 1. The van der Waals surface area contributed by atoms with E-state index in [-0.39, 0.29) is 0 Å². The molecule has 4 heteroatoms. The Morgan fingerprint density at radius 2 is 2.56 bits per heavy atom. The molecule has 2 aromatic heterocycles. The highest BCUT2D eigenvalue weighted by atomic mass is 32.1. The summed E-state index contributed by atoms with van der Waals surface area (Å²) in [6, 6.07) is 1.81. The number of nitrogens with zero attached hydrogens (tertiary/aromatic N) is 3. The molecule has 0 unspecified atom stereocenters. The van der Waals surface area contributed by atoms with Crippen molar-refractivity contribution >= 4 is 22.6 Å². The Balaban J connectivity index is 2.95. The van der Waals surface area contributed by atoms with Crippen molar-refractivity contribution < 1.29 is 0 Å². The van der Waals surface area contributed by atoms with Crippen molar-refractivity contribution in [2.45, 2.75) is 0 Å². The van der Waals surface area contributed by atoms with E-state index in [9.17, 15) is 0 Å². The summed E-state index contributed by atoms with van der Waals surface area (Å²) in [4.78, 5) is 0. The van der Waals surface area contributed by atoms with Gasteiger partial charge in [-0.05, 0) is 17.6 Å². The zero-order valence-corrected chi connectivity index (χ0v) is 5.22. The molecule has 2 aromatic rings. The Kier molecular flexibility index (Phi) is 0.927. The van der Waals surface area contributed by atoms with Crippen molar-refractivity contribution in [3.8, 4) is 0 Å². The Bertz CT molecular complexity index is 286. The van der Waals surface area contributed by atoms with E-state index >= 15 is 0 Å². The summed E-state index contributed by atoms with van der Waals surface area (Å²) < 4.78 is 4.00. The highest BCUT2D eigenvalue weighted by molar-refractivity contribution is 7.04. The maximum Gasteiger partial charge on any atom is 0.133 e. The van der Waals surface area contributed by atoms with Gasteiger partial charge in [0.05, 0.1) is 11.6 Å². The third-order valence-corrected chi connectivity index (χ3v) is 1.56. The van der Waals surface area contributed by atoms with Gasteiger partial charge in [0, 0.05) is 0 Å². The summed E-state index contributed by atoms with van der Waals surface area (Å²) in [5.74, 6) is 0. The van der Waals surface area contributed by atoms with Crippen LogP contribution in [0.2, 0.25) is 0 Å². The minimum atomic E-state index is 0.752. The summed E-state index contributed by atoms with van der Waals surface area (Å²) in [6.07, 6.45) is 1.62. The molecule has 0 bridgehead atoms. The quantitative estimate of drug-likeness (QED) is 0.539. The lowest BCUT2D eigenvalue weighted by atomic mass is 10.5. The molecule has 0 aromatic carbocycles. The van der Waals surface area contributed by atoms with Crippen LogP contribution in [-0.4, -0.2) is 14.6 Å². The highest BCUT2D eigenvalue weighted by Gasteiger charge is 1.93. The van der Waals surface area contributed by atoms with E-state index in [1.807, 2.05) is 6.07 Å². The molecule has 0 atom stereocenters. The summed E-state index contributed by atoms with van der Waals surface area (Å²) >= 11 is 1.28. The van der Waals surface area contributed by atoms with Crippen LogP contribution in [0.15, 0.2) is 12.3 Å². The predicted octanol–water partition coefficient (Wildman–Crippen LogP) is 0.886. The predicted molar refractivity (Wildman–Crippen MR) is 34.0 cm³/mol. The molecule has 0 saturated heterocycles. The van der Waals surface area contributed by atoms with Gasteiger partial charge in [-0.25, -0.2) is 0 Å². The van der Waals surface area contributed by atoms with Crippen LogP contribution in [0.25, 0.3) is 11.0 Å². The lowest BCUT2D eigenvalue weighted by molar-refractivity contribution is 1.08. The summed E-state index contributed by atoms with van der Waals surface area (Å²) in [5, 5.41) is 10.3. The molecular formula is C5H2N3S. The molecule has 2 heterocycles. The van der Waals surface area contributed by atoms with E-state index < -0.39 is 0 Å². The zero-order valence-electron chi connectivity index (χ0n) is 4.40. The third-order valence-electron chi connectivity index (χ3n) is 0.986. The number of hydrogen-bond acceptors (Lipinski definition) is 4. The number of hydrogen-bond donors (Lipinski definition) is 0. The van der Waals surface area contributed by atoms with Crippen LogP contribution in [0, 0.1) is 5.38 Å². The Morgan fingerprint density at radius 1 is 1.56 bits per heavy atom. The molecule has 0 aliphatic carbocycles. The first kappa shape index (κ1) is 4.81. The van der Waals surface area contributed by atoms with E-state index in [1.54, 1.807) is 6.20 Å². The minimum absolute atomic E-state index is 0.752. The molecule has 43 valence electrons. The van der Waals surface area contributed by atoms with Gasteiger partial charge in [-0.1, -0.05) is 0 Å². The standard InChI is InChI=1S/C5H2N3S/c1-2-6-7-5-3-9-8-4(1)5/h1-2H. The first-order chi connectivity index (χ1) is 4.47. The SMILES string of the molecule is [c]1snc2ccnnc12. The topological polar surface area (TPSA) is 38.7 Å². The van der Waals surface area contributed by atoms with Gasteiger partial charge in [-0.15, -0.1) is 5.10 Å². The Morgan fingerprint density at radius 3 is 3.44 bits per heavy atom. The maximum absolute atomic E-state index is 4.00. The second kappa shape index (κ2) is 1.73. The van der Waals surface area contributed by atoms with Gasteiger partial charge in [0.2, 0.25) is 0 Å². The van der Waals surface area contributed by atoms with Crippen LogP contribution in [0.1, 0.15) is 0 Å².